The summed E-state index contributed by atoms with van der Waals surface area (Å²) in [5.41, 5.74) is -0.200. The van der Waals surface area contributed by atoms with Gasteiger partial charge in [-0.25, -0.2) is 32.0 Å². The Morgan fingerprint density at radius 1 is 1.07 bits per heavy atom. The number of amides is 4. The second-order valence-corrected chi connectivity index (χ2v) is 18.1. The summed E-state index contributed by atoms with van der Waals surface area (Å²) in [7, 11) is -3.96. The Morgan fingerprint density at radius 2 is 1.79 bits per heavy atom. The van der Waals surface area contributed by atoms with E-state index in [9.17, 15) is 27.6 Å². The Morgan fingerprint density at radius 3 is 2.45 bits per heavy atom. The fraction of sp³-hybridized carbons (Fsp3) is 0.487. The number of cyclic esters (lactones) is 1. The molecular weight excluding hydrogens is 751 g/mol. The molecule has 5 atom stereocenters. The molecule has 0 unspecified atom stereocenters. The Balaban J connectivity index is 1.27. The average molecular weight is 795 g/mol. The molecule has 4 aliphatic rings. The topological polar surface area (TPSA) is 186 Å². The van der Waals surface area contributed by atoms with E-state index in [0.29, 0.717) is 40.7 Å². The smallest absolute Gasteiger partial charge is 0.408 e. The first-order valence-corrected chi connectivity index (χ1v) is 20.1. The average Bonchev–Trinajstić information content (AvgIpc) is 4.08. The number of alkyl halides is 2. The largest absolute Gasteiger partial charge is 0.471 e. The molecule has 298 valence electrons. The molecule has 7 rings (SSSR count). The van der Waals surface area contributed by atoms with Gasteiger partial charge in [0.1, 0.15) is 29.4 Å². The van der Waals surface area contributed by atoms with Crippen LogP contribution in [0.5, 0.6) is 5.88 Å². The van der Waals surface area contributed by atoms with E-state index in [1.807, 2.05) is 0 Å². The van der Waals surface area contributed by atoms with Crippen molar-refractivity contribution >= 4 is 44.9 Å². The molecule has 0 spiro atoms. The number of fused-ring (bicyclic) bond motifs is 7. The van der Waals surface area contributed by atoms with Gasteiger partial charge in [-0.05, 0) is 54.9 Å². The first kappa shape index (κ1) is 39.1. The van der Waals surface area contributed by atoms with E-state index in [2.05, 4.69) is 21.9 Å². The fourth-order valence-electron chi connectivity index (χ4n) is 7.22. The summed E-state index contributed by atoms with van der Waals surface area (Å²) in [5, 5.41) is 4.49. The molecule has 17 heteroatoms. The van der Waals surface area contributed by atoms with Gasteiger partial charge in [-0.1, -0.05) is 57.2 Å². The summed E-state index contributed by atoms with van der Waals surface area (Å²) in [6.45, 7) is 7.28. The second-order valence-electron chi connectivity index (χ2n) is 16.1. The molecule has 3 aromatic rings. The molecule has 3 fully saturated rings. The Hall–Kier alpha value is -5.19. The minimum atomic E-state index is -3.96. The van der Waals surface area contributed by atoms with Crippen molar-refractivity contribution in [2.45, 2.75) is 94.2 Å². The van der Waals surface area contributed by atoms with Crippen LogP contribution in [0.1, 0.15) is 58.4 Å². The summed E-state index contributed by atoms with van der Waals surface area (Å²) in [6.07, 6.45) is -0.544. The summed E-state index contributed by atoms with van der Waals surface area (Å²) in [4.78, 5) is 66.2. The zero-order chi connectivity index (χ0) is 40.2. The van der Waals surface area contributed by atoms with Gasteiger partial charge in [0, 0.05) is 24.3 Å². The number of carbonyl (C=O) groups excluding carboxylic acids is 4. The highest BCUT2D eigenvalue weighted by atomic mass is 32.2. The first-order chi connectivity index (χ1) is 26.4. The molecule has 1 saturated heterocycles. The molecule has 4 bridgehead atoms. The third-order valence-corrected chi connectivity index (χ3v) is 12.5. The number of hydrogen-bond donors (Lipinski definition) is 3. The van der Waals surface area contributed by atoms with Crippen molar-refractivity contribution in [2.75, 3.05) is 13.2 Å². The minimum absolute atomic E-state index is 0.0563. The van der Waals surface area contributed by atoms with Gasteiger partial charge in [0.25, 0.3) is 11.8 Å². The second kappa shape index (κ2) is 14.4. The number of nitrogens with zero attached hydrogens (tertiary/aromatic N) is 3. The van der Waals surface area contributed by atoms with E-state index < -0.39 is 93.1 Å². The number of benzene rings is 2. The Kier molecular flexibility index (Phi) is 10.0. The molecular formula is C39H44F2N6O8S. The zero-order valence-corrected chi connectivity index (χ0v) is 32.0. The fourth-order valence-corrected chi connectivity index (χ4v) is 8.59. The number of para-hydroxylation sites is 2. The molecule has 0 radical (unpaired) electrons. The van der Waals surface area contributed by atoms with E-state index in [1.165, 1.54) is 11.0 Å². The van der Waals surface area contributed by atoms with Gasteiger partial charge in [0.2, 0.25) is 27.7 Å². The van der Waals surface area contributed by atoms with Gasteiger partial charge < -0.3 is 25.0 Å². The molecule has 1 aromatic heterocycles. The number of halogens is 2. The van der Waals surface area contributed by atoms with E-state index in [-0.39, 0.29) is 31.7 Å². The van der Waals surface area contributed by atoms with Crippen molar-refractivity contribution in [3.05, 3.63) is 66.7 Å². The van der Waals surface area contributed by atoms with Crippen molar-refractivity contribution in [2.24, 2.45) is 11.3 Å². The van der Waals surface area contributed by atoms with Crippen LogP contribution in [-0.4, -0.2) is 95.2 Å². The molecule has 2 aliphatic heterocycles. The lowest BCUT2D eigenvalue weighted by Gasteiger charge is -2.35. The number of nitrogens with one attached hydrogen (secondary N) is 3. The number of sulfonamides is 1. The molecule has 4 amide bonds. The number of carbonyl (C=O) groups is 4. The Labute approximate surface area is 322 Å². The maximum absolute atomic E-state index is 15.1. The van der Waals surface area contributed by atoms with Gasteiger partial charge in [-0.15, -0.1) is 6.58 Å². The molecule has 3 N–H and O–H groups in total. The van der Waals surface area contributed by atoms with Crippen LogP contribution in [0.3, 0.4) is 0 Å². The standard InChI is InChI=1S/C39H44F2N6O8S/c1-5-24-19-39(24,35(50)46-56(52,53)26-13-14-26)45-32(48)29-18-25-20-47(29)34(49)31(37(2,3)4)44-36(51)54-21-38(40,41)16-15-22-9-8-10-23(17-22)30-33(55-25)43-28-12-7-6-11-27(28)42-30/h5-12,17,24-26,29,31H,1,13-16,18-21H2,2-4H3,(H,44,51)(H,45,48)(H,46,50)/t24-,25-,29+,31-,39-/m1/s1. The monoisotopic (exact) mass is 794 g/mol. The summed E-state index contributed by atoms with van der Waals surface area (Å²) in [5.74, 6) is -6.34. The van der Waals surface area contributed by atoms with Crippen LogP contribution in [0.15, 0.2) is 61.2 Å². The predicted octanol–water partition coefficient (Wildman–Crippen LogP) is 4.04. The quantitative estimate of drug-likeness (QED) is 0.308. The van der Waals surface area contributed by atoms with Crippen LogP contribution in [0, 0.1) is 11.3 Å². The Bertz CT molecular complexity index is 2210. The van der Waals surface area contributed by atoms with Crippen molar-refractivity contribution in [1.29, 1.82) is 0 Å². The number of rotatable bonds is 6. The number of hydrogen-bond acceptors (Lipinski definition) is 10. The van der Waals surface area contributed by atoms with Crippen LogP contribution < -0.4 is 20.1 Å². The maximum atomic E-state index is 15.1. The maximum Gasteiger partial charge on any atom is 0.408 e. The van der Waals surface area contributed by atoms with E-state index >= 15 is 8.78 Å². The summed E-state index contributed by atoms with van der Waals surface area (Å²) in [6, 6.07) is 11.3. The lowest BCUT2D eigenvalue weighted by Crippen LogP contribution is -2.60. The molecule has 3 heterocycles. The SMILES string of the molecule is C=C[C@@H]1C[C@]1(NC(=O)[C@@H]1C[C@@H]2CN1C(=O)[C@H](C(C)(C)C)NC(=O)OCC(F)(F)CCc1cccc(c1)-c1nc3ccccc3nc1O2)C(=O)NS(=O)(=O)C1CC1. The van der Waals surface area contributed by atoms with Gasteiger partial charge in [-0.2, -0.15) is 0 Å². The molecule has 2 aliphatic carbocycles. The van der Waals surface area contributed by atoms with Crippen LogP contribution in [-0.2, 0) is 35.6 Å². The van der Waals surface area contributed by atoms with Gasteiger partial charge in [0.15, 0.2) is 6.61 Å². The highest BCUT2D eigenvalue weighted by molar-refractivity contribution is 7.91. The molecule has 2 saturated carbocycles. The number of aromatic nitrogens is 2. The number of alkyl carbamates (subject to hydrolysis) is 1. The predicted molar refractivity (Wildman–Crippen MR) is 200 cm³/mol. The van der Waals surface area contributed by atoms with Crippen LogP contribution in [0.2, 0.25) is 0 Å². The van der Waals surface area contributed by atoms with Crippen LogP contribution in [0.4, 0.5) is 13.6 Å². The third-order valence-electron chi connectivity index (χ3n) is 10.7. The van der Waals surface area contributed by atoms with Crippen molar-refractivity contribution < 1.29 is 45.9 Å². The van der Waals surface area contributed by atoms with Crippen LogP contribution in [0.25, 0.3) is 22.3 Å². The van der Waals surface area contributed by atoms with E-state index in [4.69, 9.17) is 19.4 Å². The summed E-state index contributed by atoms with van der Waals surface area (Å²) < 4.78 is 69.3. The highest BCUT2D eigenvalue weighted by Gasteiger charge is 2.62. The normalized spacial score (nSPS) is 26.7. The van der Waals surface area contributed by atoms with E-state index in [1.54, 1.807) is 69.3 Å². The number of ether oxygens (including phenoxy) is 2. The van der Waals surface area contributed by atoms with Crippen LogP contribution >= 0.6 is 0 Å². The van der Waals surface area contributed by atoms with E-state index in [0.717, 1.165) is 0 Å². The first-order valence-electron chi connectivity index (χ1n) is 18.5. The third kappa shape index (κ3) is 8.04. The molecule has 56 heavy (non-hydrogen) atoms. The lowest BCUT2D eigenvalue weighted by atomic mass is 9.85. The van der Waals surface area contributed by atoms with Crippen molar-refractivity contribution in [3.8, 4) is 17.1 Å². The summed E-state index contributed by atoms with van der Waals surface area (Å²) >= 11 is 0. The minimum Gasteiger partial charge on any atom is -0.471 e. The molecule has 14 nitrogen and oxygen atoms in total. The number of aryl methyl sites for hydroxylation is 1. The molecule has 2 aromatic carbocycles. The van der Waals surface area contributed by atoms with Crippen molar-refractivity contribution in [3.63, 3.8) is 0 Å². The lowest BCUT2D eigenvalue weighted by molar-refractivity contribution is -0.143. The zero-order valence-electron chi connectivity index (χ0n) is 31.2. The van der Waals surface area contributed by atoms with Crippen molar-refractivity contribution in [1.82, 2.24) is 30.2 Å². The van der Waals surface area contributed by atoms with Gasteiger partial charge in [-0.3, -0.25) is 19.1 Å². The van der Waals surface area contributed by atoms with Gasteiger partial charge in [0.05, 0.1) is 22.8 Å². The highest BCUT2D eigenvalue weighted by Crippen LogP contribution is 2.46. The van der Waals surface area contributed by atoms with Gasteiger partial charge >= 0.3 is 6.09 Å².